The average Bonchev–Trinajstić information content (AvgIpc) is 3.17. The van der Waals surface area contributed by atoms with Crippen LogP contribution >= 0.6 is 0 Å². The monoisotopic (exact) mass is 294 g/mol. The van der Waals surface area contributed by atoms with E-state index in [0.29, 0.717) is 18.2 Å². The van der Waals surface area contributed by atoms with Crippen molar-refractivity contribution in [2.75, 3.05) is 5.32 Å². The highest BCUT2D eigenvalue weighted by Crippen LogP contribution is 2.29. The Bertz CT molecular complexity index is 875. The predicted octanol–water partition coefficient (Wildman–Crippen LogP) is 3.78. The van der Waals surface area contributed by atoms with Crippen molar-refractivity contribution >= 4 is 22.6 Å². The van der Waals surface area contributed by atoms with Crippen LogP contribution in [-0.2, 0) is 0 Å². The van der Waals surface area contributed by atoms with Crippen LogP contribution in [0, 0.1) is 0 Å². The van der Waals surface area contributed by atoms with Gasteiger partial charge >= 0.3 is 0 Å². The van der Waals surface area contributed by atoms with Gasteiger partial charge in [-0.2, -0.15) is 5.10 Å². The van der Waals surface area contributed by atoms with E-state index in [1.165, 1.54) is 0 Å². The molecule has 0 aliphatic heterocycles. The molecule has 1 aliphatic rings. The molecule has 1 unspecified atom stereocenters. The lowest BCUT2D eigenvalue weighted by Crippen LogP contribution is -1.96. The summed E-state index contributed by atoms with van der Waals surface area (Å²) in [6.07, 6.45) is 9.55. The Morgan fingerprint density at radius 2 is 2.27 bits per heavy atom. The molecule has 1 atom stereocenters. The third-order valence-electron chi connectivity index (χ3n) is 3.66. The van der Waals surface area contributed by atoms with Crippen LogP contribution in [0.25, 0.3) is 10.9 Å². The maximum Gasteiger partial charge on any atom is 0.299 e. The van der Waals surface area contributed by atoms with Gasteiger partial charge < -0.3 is 14.8 Å². The maximum atomic E-state index is 9.35. The minimum absolute atomic E-state index is 0.107. The third-order valence-corrected chi connectivity index (χ3v) is 3.66. The molecule has 110 valence electrons. The Kier molecular flexibility index (Phi) is 2.93. The van der Waals surface area contributed by atoms with Gasteiger partial charge in [0.1, 0.15) is 11.5 Å². The van der Waals surface area contributed by atoms with Gasteiger partial charge in [0.05, 0.1) is 17.9 Å². The molecule has 22 heavy (non-hydrogen) atoms. The molecule has 6 nitrogen and oxygen atoms in total. The Morgan fingerprint density at radius 1 is 1.32 bits per heavy atom. The number of allylic oxidation sites excluding steroid dienone is 3. The van der Waals surface area contributed by atoms with Crippen LogP contribution in [0.4, 0.5) is 11.7 Å². The fourth-order valence-corrected chi connectivity index (χ4v) is 2.48. The zero-order chi connectivity index (χ0) is 14.9. The van der Waals surface area contributed by atoms with E-state index in [9.17, 15) is 5.11 Å². The smallest absolute Gasteiger partial charge is 0.299 e. The minimum Gasteiger partial charge on any atom is -0.508 e. The van der Waals surface area contributed by atoms with Gasteiger partial charge in [-0.05, 0) is 36.8 Å². The Labute approximate surface area is 126 Å². The molecule has 3 N–H and O–H groups in total. The number of H-pyrrole nitrogens is 1. The number of hydrogen-bond acceptors (Lipinski definition) is 5. The molecule has 0 fully saturated rings. The summed E-state index contributed by atoms with van der Waals surface area (Å²) in [6, 6.07) is 6.31. The first-order valence-corrected chi connectivity index (χ1v) is 7.01. The summed E-state index contributed by atoms with van der Waals surface area (Å²) in [7, 11) is 0. The van der Waals surface area contributed by atoms with E-state index in [1.807, 2.05) is 24.3 Å². The summed E-state index contributed by atoms with van der Waals surface area (Å²) in [5.41, 5.74) is 1.87. The number of anilines is 2. The average molecular weight is 294 g/mol. The standard InChI is InChI=1S/C16H14N4O2/c21-13-4-1-10(2-5-13)15-9-17-16(22-15)19-12-3-6-14-11(7-12)8-18-20-14/h1,3-10,21H,2H2,(H,17,19)(H,18,20). The molecule has 4 rings (SSSR count). The molecule has 1 aliphatic carbocycles. The number of oxazole rings is 1. The second-order valence-electron chi connectivity index (χ2n) is 5.20. The van der Waals surface area contributed by atoms with E-state index in [0.717, 1.165) is 22.4 Å². The van der Waals surface area contributed by atoms with Crippen molar-refractivity contribution in [3.8, 4) is 0 Å². The summed E-state index contributed by atoms with van der Waals surface area (Å²) < 4.78 is 5.75. The zero-order valence-corrected chi connectivity index (χ0v) is 11.7. The van der Waals surface area contributed by atoms with Crippen LogP contribution < -0.4 is 5.32 Å². The van der Waals surface area contributed by atoms with Crippen molar-refractivity contribution in [2.24, 2.45) is 0 Å². The largest absolute Gasteiger partial charge is 0.508 e. The van der Waals surface area contributed by atoms with Crippen molar-refractivity contribution in [3.05, 3.63) is 60.3 Å². The molecule has 2 aromatic heterocycles. The SMILES string of the molecule is OC1=CCC(c2cnc(Nc3ccc4[nH]ncc4c3)o2)C=C1. The normalized spacial score (nSPS) is 17.6. The van der Waals surface area contributed by atoms with E-state index < -0.39 is 0 Å². The third kappa shape index (κ3) is 2.35. The maximum absolute atomic E-state index is 9.35. The zero-order valence-electron chi connectivity index (χ0n) is 11.7. The molecule has 0 saturated carbocycles. The molecule has 2 heterocycles. The van der Waals surface area contributed by atoms with Crippen LogP contribution in [-0.4, -0.2) is 20.3 Å². The van der Waals surface area contributed by atoms with E-state index >= 15 is 0 Å². The van der Waals surface area contributed by atoms with Crippen molar-refractivity contribution in [1.29, 1.82) is 0 Å². The Morgan fingerprint density at radius 3 is 3.14 bits per heavy atom. The van der Waals surface area contributed by atoms with Gasteiger partial charge in [0, 0.05) is 17.0 Å². The topological polar surface area (TPSA) is 87.0 Å². The summed E-state index contributed by atoms with van der Waals surface area (Å²) in [4.78, 5) is 4.26. The number of aromatic nitrogens is 3. The van der Waals surface area contributed by atoms with Crippen molar-refractivity contribution in [2.45, 2.75) is 12.3 Å². The molecule has 1 aromatic carbocycles. The van der Waals surface area contributed by atoms with Crippen LogP contribution in [0.3, 0.4) is 0 Å². The number of nitrogens with zero attached hydrogens (tertiary/aromatic N) is 2. The summed E-state index contributed by atoms with van der Waals surface area (Å²) >= 11 is 0. The first-order chi connectivity index (χ1) is 10.8. The number of nitrogens with one attached hydrogen (secondary N) is 2. The van der Waals surface area contributed by atoms with Gasteiger partial charge in [-0.25, -0.2) is 4.98 Å². The van der Waals surface area contributed by atoms with Gasteiger partial charge in [-0.3, -0.25) is 5.10 Å². The summed E-state index contributed by atoms with van der Waals surface area (Å²) in [5.74, 6) is 1.17. The van der Waals surface area contributed by atoms with Crippen molar-refractivity contribution in [3.63, 3.8) is 0 Å². The van der Waals surface area contributed by atoms with Gasteiger partial charge in [-0.1, -0.05) is 6.08 Å². The molecule has 0 spiro atoms. The van der Waals surface area contributed by atoms with Crippen LogP contribution in [0.2, 0.25) is 0 Å². The Balaban J connectivity index is 1.53. The number of hydrogen-bond donors (Lipinski definition) is 3. The number of aromatic amines is 1. The highest BCUT2D eigenvalue weighted by Gasteiger charge is 2.16. The van der Waals surface area contributed by atoms with E-state index in [1.54, 1.807) is 24.5 Å². The van der Waals surface area contributed by atoms with Gasteiger partial charge in [0.2, 0.25) is 0 Å². The predicted molar refractivity (Wildman–Crippen MR) is 83.1 cm³/mol. The lowest BCUT2D eigenvalue weighted by Gasteiger charge is -2.10. The highest BCUT2D eigenvalue weighted by molar-refractivity contribution is 5.82. The number of aliphatic hydroxyl groups excluding tert-OH is 1. The molecule has 0 saturated heterocycles. The molecule has 6 heteroatoms. The summed E-state index contributed by atoms with van der Waals surface area (Å²) in [5, 5.41) is 20.4. The quantitative estimate of drug-likeness (QED) is 0.684. The molecular weight excluding hydrogens is 280 g/mol. The second kappa shape index (κ2) is 5.07. The number of rotatable bonds is 3. The lowest BCUT2D eigenvalue weighted by molar-refractivity contribution is 0.421. The number of aliphatic hydroxyl groups is 1. The molecule has 0 bridgehead atoms. The first kappa shape index (κ1) is 12.7. The van der Waals surface area contributed by atoms with E-state index in [2.05, 4.69) is 20.5 Å². The van der Waals surface area contributed by atoms with Crippen molar-refractivity contribution < 1.29 is 9.52 Å². The van der Waals surface area contributed by atoms with Crippen LogP contribution in [0.1, 0.15) is 18.1 Å². The van der Waals surface area contributed by atoms with Gasteiger partial charge in [0.15, 0.2) is 0 Å². The number of fused-ring (bicyclic) bond motifs is 1. The van der Waals surface area contributed by atoms with E-state index in [-0.39, 0.29) is 5.92 Å². The van der Waals surface area contributed by atoms with E-state index in [4.69, 9.17) is 4.42 Å². The first-order valence-electron chi connectivity index (χ1n) is 7.01. The summed E-state index contributed by atoms with van der Waals surface area (Å²) in [6.45, 7) is 0. The van der Waals surface area contributed by atoms with Crippen molar-refractivity contribution in [1.82, 2.24) is 15.2 Å². The van der Waals surface area contributed by atoms with Gasteiger partial charge in [0.25, 0.3) is 6.01 Å². The Hall–Kier alpha value is -3.02. The highest BCUT2D eigenvalue weighted by atomic mass is 16.4. The second-order valence-corrected chi connectivity index (χ2v) is 5.20. The minimum atomic E-state index is 0.107. The lowest BCUT2D eigenvalue weighted by atomic mass is 9.98. The van der Waals surface area contributed by atoms with Gasteiger partial charge in [-0.15, -0.1) is 0 Å². The molecular formula is C16H14N4O2. The molecule has 0 amide bonds. The van der Waals surface area contributed by atoms with Crippen LogP contribution in [0.15, 0.2) is 59.0 Å². The number of benzene rings is 1. The molecule has 3 aromatic rings. The fourth-order valence-electron chi connectivity index (χ4n) is 2.48. The van der Waals surface area contributed by atoms with Crippen LogP contribution in [0.5, 0.6) is 0 Å². The molecule has 0 radical (unpaired) electrons. The fraction of sp³-hybridized carbons (Fsp3) is 0.125.